The molecule has 1 heterocycles. The molecule has 0 saturated carbocycles. The molecule has 0 aromatic rings. The van der Waals surface area contributed by atoms with Crippen molar-refractivity contribution in [1.29, 1.82) is 0 Å². The largest absolute Gasteiger partial charge is 0.481 e. The van der Waals surface area contributed by atoms with Gasteiger partial charge in [-0.3, -0.25) is 9.69 Å². The molecule has 0 aromatic carbocycles. The van der Waals surface area contributed by atoms with E-state index in [4.69, 9.17) is 5.11 Å². The minimum atomic E-state index is -0.667. The molecular formula is C13H25NO2. The Labute approximate surface area is 98.8 Å². The molecule has 1 N–H and O–H groups in total. The molecule has 0 radical (unpaired) electrons. The summed E-state index contributed by atoms with van der Waals surface area (Å²) in [5, 5.41) is 8.54. The van der Waals surface area contributed by atoms with Crippen molar-refractivity contribution in [3.05, 3.63) is 0 Å². The summed E-state index contributed by atoms with van der Waals surface area (Å²) < 4.78 is 0. The lowest BCUT2D eigenvalue weighted by Gasteiger charge is -2.39. The van der Waals surface area contributed by atoms with E-state index >= 15 is 0 Å². The number of unbranched alkanes of at least 4 members (excludes halogenated alkanes) is 2. The molecule has 3 heteroatoms. The lowest BCUT2D eigenvalue weighted by Crippen LogP contribution is -2.44. The van der Waals surface area contributed by atoms with Gasteiger partial charge in [-0.1, -0.05) is 12.8 Å². The number of carboxylic acids is 1. The van der Waals surface area contributed by atoms with Gasteiger partial charge in [0.1, 0.15) is 0 Å². The third-order valence-corrected chi connectivity index (χ3v) is 3.68. The summed E-state index contributed by atoms with van der Waals surface area (Å²) in [6, 6.07) is 1.42. The number of likely N-dealkylation sites (tertiary alicyclic amines) is 1. The summed E-state index contributed by atoms with van der Waals surface area (Å²) in [6.45, 7) is 5.77. The van der Waals surface area contributed by atoms with Crippen molar-refractivity contribution in [3.63, 3.8) is 0 Å². The lowest BCUT2D eigenvalue weighted by atomic mass is 9.97. The predicted molar refractivity (Wildman–Crippen MR) is 65.6 cm³/mol. The van der Waals surface area contributed by atoms with Crippen LogP contribution in [0.5, 0.6) is 0 Å². The highest BCUT2D eigenvalue weighted by molar-refractivity contribution is 5.66. The maximum Gasteiger partial charge on any atom is 0.303 e. The van der Waals surface area contributed by atoms with Crippen LogP contribution in [0.15, 0.2) is 0 Å². The van der Waals surface area contributed by atoms with Gasteiger partial charge in [0.05, 0.1) is 0 Å². The summed E-state index contributed by atoms with van der Waals surface area (Å²) >= 11 is 0. The monoisotopic (exact) mass is 227 g/mol. The van der Waals surface area contributed by atoms with Gasteiger partial charge in [0.25, 0.3) is 0 Å². The van der Waals surface area contributed by atoms with E-state index in [0.29, 0.717) is 18.5 Å². The molecule has 1 saturated heterocycles. The molecule has 94 valence electrons. The number of rotatable bonds is 6. The summed E-state index contributed by atoms with van der Waals surface area (Å²) in [4.78, 5) is 12.9. The van der Waals surface area contributed by atoms with Gasteiger partial charge in [-0.05, 0) is 46.1 Å². The van der Waals surface area contributed by atoms with E-state index in [-0.39, 0.29) is 0 Å². The molecule has 2 unspecified atom stereocenters. The topological polar surface area (TPSA) is 40.5 Å². The normalized spacial score (nSPS) is 26.9. The fourth-order valence-corrected chi connectivity index (χ4v) is 2.66. The first kappa shape index (κ1) is 13.5. The van der Waals surface area contributed by atoms with Crippen molar-refractivity contribution in [1.82, 2.24) is 4.90 Å². The van der Waals surface area contributed by atoms with Crippen molar-refractivity contribution in [2.24, 2.45) is 0 Å². The molecule has 2 atom stereocenters. The first-order valence-electron chi connectivity index (χ1n) is 6.59. The van der Waals surface area contributed by atoms with Crippen molar-refractivity contribution >= 4 is 5.97 Å². The maximum absolute atomic E-state index is 10.4. The molecule has 16 heavy (non-hydrogen) atoms. The zero-order chi connectivity index (χ0) is 12.0. The average molecular weight is 227 g/mol. The van der Waals surface area contributed by atoms with E-state index in [1.807, 2.05) is 0 Å². The molecule has 1 aliphatic rings. The van der Waals surface area contributed by atoms with E-state index in [2.05, 4.69) is 18.7 Å². The van der Waals surface area contributed by atoms with Crippen molar-refractivity contribution in [2.75, 3.05) is 6.54 Å². The van der Waals surface area contributed by atoms with Crippen LogP contribution in [-0.4, -0.2) is 34.6 Å². The minimum Gasteiger partial charge on any atom is -0.481 e. The standard InChI is InChI=1S/C13H25NO2/c1-11-7-6-8-12(2)14(11)10-5-3-4-9-13(15)16/h11-12H,3-10H2,1-2H3,(H,15,16). The van der Waals surface area contributed by atoms with Crippen LogP contribution in [0.3, 0.4) is 0 Å². The van der Waals surface area contributed by atoms with Gasteiger partial charge in [0.15, 0.2) is 0 Å². The Morgan fingerprint density at radius 1 is 1.19 bits per heavy atom. The third kappa shape index (κ3) is 4.52. The Kier molecular flexibility index (Phi) is 5.81. The van der Waals surface area contributed by atoms with Crippen LogP contribution in [0.1, 0.15) is 58.8 Å². The Morgan fingerprint density at radius 2 is 1.81 bits per heavy atom. The van der Waals surface area contributed by atoms with Crippen LogP contribution in [-0.2, 0) is 4.79 Å². The van der Waals surface area contributed by atoms with Crippen molar-refractivity contribution in [2.45, 2.75) is 70.9 Å². The second-order valence-corrected chi connectivity index (χ2v) is 5.07. The number of aliphatic carboxylic acids is 1. The SMILES string of the molecule is CC1CCCC(C)N1CCCCCC(=O)O. The second-order valence-electron chi connectivity index (χ2n) is 5.07. The van der Waals surface area contributed by atoms with Crippen LogP contribution in [0.25, 0.3) is 0 Å². The van der Waals surface area contributed by atoms with Crippen molar-refractivity contribution in [3.8, 4) is 0 Å². The number of carbonyl (C=O) groups is 1. The minimum absolute atomic E-state index is 0.325. The number of hydrogen-bond donors (Lipinski definition) is 1. The highest BCUT2D eigenvalue weighted by Gasteiger charge is 2.23. The summed E-state index contributed by atoms with van der Waals surface area (Å²) in [5.74, 6) is -0.667. The van der Waals surface area contributed by atoms with Crippen LogP contribution in [0.2, 0.25) is 0 Å². The molecule has 3 nitrogen and oxygen atoms in total. The Balaban J connectivity index is 2.13. The molecule has 1 fully saturated rings. The molecule has 0 spiro atoms. The van der Waals surface area contributed by atoms with E-state index in [9.17, 15) is 4.79 Å². The van der Waals surface area contributed by atoms with Gasteiger partial charge < -0.3 is 5.11 Å². The summed E-state index contributed by atoms with van der Waals surface area (Å²) in [5.41, 5.74) is 0. The molecule has 1 aliphatic heterocycles. The maximum atomic E-state index is 10.4. The lowest BCUT2D eigenvalue weighted by molar-refractivity contribution is -0.137. The van der Waals surface area contributed by atoms with Gasteiger partial charge in [-0.25, -0.2) is 0 Å². The Morgan fingerprint density at radius 3 is 2.38 bits per heavy atom. The Bertz CT molecular complexity index is 208. The van der Waals surface area contributed by atoms with Gasteiger partial charge in [-0.2, -0.15) is 0 Å². The van der Waals surface area contributed by atoms with Gasteiger partial charge in [-0.15, -0.1) is 0 Å². The molecule has 1 rings (SSSR count). The fourth-order valence-electron chi connectivity index (χ4n) is 2.66. The highest BCUT2D eigenvalue weighted by atomic mass is 16.4. The van der Waals surface area contributed by atoms with Gasteiger partial charge >= 0.3 is 5.97 Å². The summed E-state index contributed by atoms with van der Waals surface area (Å²) in [7, 11) is 0. The van der Waals surface area contributed by atoms with E-state index in [1.54, 1.807) is 0 Å². The number of nitrogens with zero attached hydrogens (tertiary/aromatic N) is 1. The molecule has 0 aromatic heterocycles. The molecule has 0 aliphatic carbocycles. The van der Waals surface area contributed by atoms with E-state index in [0.717, 1.165) is 25.8 Å². The predicted octanol–water partition coefficient (Wildman–Crippen LogP) is 2.89. The quantitative estimate of drug-likeness (QED) is 0.709. The van der Waals surface area contributed by atoms with E-state index < -0.39 is 5.97 Å². The molecular weight excluding hydrogens is 202 g/mol. The fraction of sp³-hybridized carbons (Fsp3) is 0.923. The number of piperidine rings is 1. The molecule has 0 bridgehead atoms. The first-order chi connectivity index (χ1) is 7.61. The van der Waals surface area contributed by atoms with Crippen LogP contribution in [0, 0.1) is 0 Å². The summed E-state index contributed by atoms with van der Waals surface area (Å²) in [6.07, 6.45) is 7.33. The van der Waals surface area contributed by atoms with E-state index in [1.165, 1.54) is 19.3 Å². The van der Waals surface area contributed by atoms with Crippen LogP contribution in [0.4, 0.5) is 0 Å². The second kappa shape index (κ2) is 6.89. The highest BCUT2D eigenvalue weighted by Crippen LogP contribution is 2.22. The van der Waals surface area contributed by atoms with Gasteiger partial charge in [0, 0.05) is 18.5 Å². The number of hydrogen-bond acceptors (Lipinski definition) is 2. The first-order valence-corrected chi connectivity index (χ1v) is 6.59. The van der Waals surface area contributed by atoms with Crippen LogP contribution < -0.4 is 0 Å². The zero-order valence-electron chi connectivity index (χ0n) is 10.6. The van der Waals surface area contributed by atoms with Gasteiger partial charge in [0.2, 0.25) is 0 Å². The Hall–Kier alpha value is -0.570. The molecule has 0 amide bonds. The van der Waals surface area contributed by atoms with Crippen LogP contribution >= 0.6 is 0 Å². The van der Waals surface area contributed by atoms with Crippen molar-refractivity contribution < 1.29 is 9.90 Å². The third-order valence-electron chi connectivity index (χ3n) is 3.68. The smallest absolute Gasteiger partial charge is 0.303 e. The zero-order valence-corrected chi connectivity index (χ0v) is 10.6. The number of carboxylic acid groups (broad SMARTS) is 1. The average Bonchev–Trinajstić information content (AvgIpc) is 2.21.